The van der Waals surface area contributed by atoms with Crippen LogP contribution >= 0.6 is 11.3 Å². The van der Waals surface area contributed by atoms with Crippen molar-refractivity contribution in [3.8, 4) is 0 Å². The fourth-order valence-electron chi connectivity index (χ4n) is 0.991. The van der Waals surface area contributed by atoms with Crippen LogP contribution in [0.15, 0.2) is 12.2 Å². The van der Waals surface area contributed by atoms with Crippen LogP contribution in [-0.4, -0.2) is 4.98 Å². The number of aryl methyl sites for hydroxylation is 2. The lowest BCUT2D eigenvalue weighted by Gasteiger charge is -1.88. The van der Waals surface area contributed by atoms with Crippen LogP contribution < -0.4 is 0 Å². The normalized spacial score (nSPS) is 11.2. The topological polar surface area (TPSA) is 12.9 Å². The summed E-state index contributed by atoms with van der Waals surface area (Å²) in [6, 6.07) is 0. The molecule has 60 valence electrons. The number of thiazole rings is 1. The summed E-state index contributed by atoms with van der Waals surface area (Å²) < 4.78 is 0. The Labute approximate surface area is 71.8 Å². The second-order valence-electron chi connectivity index (χ2n) is 2.51. The summed E-state index contributed by atoms with van der Waals surface area (Å²) in [5.41, 5.74) is 1.23. The summed E-state index contributed by atoms with van der Waals surface area (Å²) in [6.45, 7) is 6.22. The van der Waals surface area contributed by atoms with Crippen molar-refractivity contribution in [2.75, 3.05) is 0 Å². The molecule has 0 aliphatic rings. The van der Waals surface area contributed by atoms with Crippen molar-refractivity contribution in [2.45, 2.75) is 27.2 Å². The van der Waals surface area contributed by atoms with E-state index in [9.17, 15) is 0 Å². The number of nitrogens with zero attached hydrogens (tertiary/aromatic N) is 1. The highest BCUT2D eigenvalue weighted by atomic mass is 32.1. The molecule has 0 fully saturated rings. The van der Waals surface area contributed by atoms with Crippen LogP contribution in [-0.2, 0) is 6.42 Å². The van der Waals surface area contributed by atoms with Gasteiger partial charge >= 0.3 is 0 Å². The lowest BCUT2D eigenvalue weighted by Crippen LogP contribution is -1.83. The van der Waals surface area contributed by atoms with Gasteiger partial charge in [0.05, 0.1) is 10.7 Å². The van der Waals surface area contributed by atoms with E-state index in [1.807, 2.05) is 6.92 Å². The second-order valence-corrected chi connectivity index (χ2v) is 3.92. The van der Waals surface area contributed by atoms with Gasteiger partial charge in [-0.05, 0) is 20.8 Å². The molecule has 0 radical (unpaired) electrons. The third-order valence-electron chi connectivity index (χ3n) is 1.55. The Bertz CT molecular complexity index is 261. The molecule has 0 aliphatic heterocycles. The maximum atomic E-state index is 4.42. The van der Waals surface area contributed by atoms with Gasteiger partial charge in [0.15, 0.2) is 0 Å². The minimum Gasteiger partial charge on any atom is -0.246 e. The van der Waals surface area contributed by atoms with E-state index in [1.54, 1.807) is 11.3 Å². The maximum absolute atomic E-state index is 4.42. The summed E-state index contributed by atoms with van der Waals surface area (Å²) in [5.74, 6) is 0. The molecular weight excluding hydrogens is 154 g/mol. The van der Waals surface area contributed by atoms with Crippen molar-refractivity contribution >= 4 is 11.3 Å². The van der Waals surface area contributed by atoms with E-state index >= 15 is 0 Å². The average molecular weight is 167 g/mol. The van der Waals surface area contributed by atoms with Crippen LogP contribution in [0.4, 0.5) is 0 Å². The fourth-order valence-corrected chi connectivity index (χ4v) is 1.84. The zero-order chi connectivity index (χ0) is 8.27. The van der Waals surface area contributed by atoms with Crippen LogP contribution in [0, 0.1) is 13.8 Å². The van der Waals surface area contributed by atoms with Crippen molar-refractivity contribution in [2.24, 2.45) is 0 Å². The summed E-state index contributed by atoms with van der Waals surface area (Å²) in [4.78, 5) is 5.76. The van der Waals surface area contributed by atoms with E-state index in [0.29, 0.717) is 0 Å². The fraction of sp³-hybridized carbons (Fsp3) is 0.444. The molecule has 1 aromatic heterocycles. The molecular formula is C9H13NS. The number of hydrogen-bond acceptors (Lipinski definition) is 2. The highest BCUT2D eigenvalue weighted by Gasteiger charge is 2.01. The van der Waals surface area contributed by atoms with Gasteiger partial charge in [0.25, 0.3) is 0 Å². The van der Waals surface area contributed by atoms with E-state index in [-0.39, 0.29) is 0 Å². The van der Waals surface area contributed by atoms with E-state index in [1.165, 1.54) is 15.6 Å². The Morgan fingerprint density at radius 3 is 2.64 bits per heavy atom. The van der Waals surface area contributed by atoms with Gasteiger partial charge in [0.1, 0.15) is 0 Å². The molecule has 0 saturated heterocycles. The SMILES string of the molecule is C/C=C\Cc1nc(C)sc1C. The lowest BCUT2D eigenvalue weighted by atomic mass is 10.3. The van der Waals surface area contributed by atoms with Crippen molar-refractivity contribution in [1.29, 1.82) is 0 Å². The van der Waals surface area contributed by atoms with Crippen LogP contribution in [0.25, 0.3) is 0 Å². The van der Waals surface area contributed by atoms with Gasteiger partial charge in [-0.2, -0.15) is 0 Å². The monoisotopic (exact) mass is 167 g/mol. The number of allylic oxidation sites excluding steroid dienone is 2. The first-order valence-corrected chi connectivity index (χ1v) is 4.59. The molecule has 0 aliphatic carbocycles. The molecule has 0 bridgehead atoms. The molecule has 0 atom stereocenters. The van der Waals surface area contributed by atoms with Gasteiger partial charge in [-0.15, -0.1) is 11.3 Å². The van der Waals surface area contributed by atoms with Gasteiger partial charge in [0.2, 0.25) is 0 Å². The van der Waals surface area contributed by atoms with Crippen molar-refractivity contribution in [1.82, 2.24) is 4.98 Å². The van der Waals surface area contributed by atoms with Gasteiger partial charge in [0, 0.05) is 11.3 Å². The summed E-state index contributed by atoms with van der Waals surface area (Å²) in [6.07, 6.45) is 5.18. The minimum absolute atomic E-state index is 0.979. The highest BCUT2D eigenvalue weighted by molar-refractivity contribution is 7.11. The summed E-state index contributed by atoms with van der Waals surface area (Å²) in [7, 11) is 0. The molecule has 0 amide bonds. The number of hydrogen-bond donors (Lipinski definition) is 0. The van der Waals surface area contributed by atoms with Crippen molar-refractivity contribution in [3.63, 3.8) is 0 Å². The molecule has 1 aromatic rings. The molecule has 2 heteroatoms. The molecule has 1 nitrogen and oxygen atoms in total. The van der Waals surface area contributed by atoms with Crippen LogP contribution in [0.1, 0.15) is 22.5 Å². The third kappa shape index (κ3) is 2.15. The molecule has 0 saturated carbocycles. The zero-order valence-corrected chi connectivity index (χ0v) is 8.03. The van der Waals surface area contributed by atoms with Crippen LogP contribution in [0.2, 0.25) is 0 Å². The van der Waals surface area contributed by atoms with E-state index in [0.717, 1.165) is 6.42 Å². The minimum atomic E-state index is 0.979. The van der Waals surface area contributed by atoms with Gasteiger partial charge in [-0.1, -0.05) is 12.2 Å². The lowest BCUT2D eigenvalue weighted by molar-refractivity contribution is 1.10. The van der Waals surface area contributed by atoms with E-state index in [2.05, 4.69) is 31.0 Å². The molecule has 11 heavy (non-hydrogen) atoms. The summed E-state index contributed by atoms with van der Waals surface area (Å²) >= 11 is 1.77. The molecule has 0 unspecified atom stereocenters. The molecule has 0 spiro atoms. The predicted molar refractivity (Wildman–Crippen MR) is 50.1 cm³/mol. The predicted octanol–water partition coefficient (Wildman–Crippen LogP) is 2.88. The smallest absolute Gasteiger partial charge is 0.0900 e. The van der Waals surface area contributed by atoms with E-state index in [4.69, 9.17) is 0 Å². The Kier molecular flexibility index (Phi) is 2.83. The van der Waals surface area contributed by atoms with E-state index < -0.39 is 0 Å². The van der Waals surface area contributed by atoms with Gasteiger partial charge < -0.3 is 0 Å². The second kappa shape index (κ2) is 3.67. The number of rotatable bonds is 2. The molecule has 0 aromatic carbocycles. The Morgan fingerprint density at radius 1 is 1.45 bits per heavy atom. The largest absolute Gasteiger partial charge is 0.246 e. The first-order chi connectivity index (χ1) is 5.24. The zero-order valence-electron chi connectivity index (χ0n) is 7.22. The van der Waals surface area contributed by atoms with Gasteiger partial charge in [-0.25, -0.2) is 4.98 Å². The molecule has 0 N–H and O–H groups in total. The molecule has 1 heterocycles. The Balaban J connectivity index is 2.77. The molecule has 1 rings (SSSR count). The Morgan fingerprint density at radius 2 is 2.18 bits per heavy atom. The average Bonchev–Trinajstić information content (AvgIpc) is 2.26. The summed E-state index contributed by atoms with van der Waals surface area (Å²) in [5, 5.41) is 1.17. The van der Waals surface area contributed by atoms with Crippen molar-refractivity contribution in [3.05, 3.63) is 27.7 Å². The van der Waals surface area contributed by atoms with Crippen LogP contribution in [0.3, 0.4) is 0 Å². The Hall–Kier alpha value is -0.630. The quantitative estimate of drug-likeness (QED) is 0.617. The number of aromatic nitrogens is 1. The van der Waals surface area contributed by atoms with Gasteiger partial charge in [-0.3, -0.25) is 0 Å². The first kappa shape index (κ1) is 8.47. The first-order valence-electron chi connectivity index (χ1n) is 3.78. The highest BCUT2D eigenvalue weighted by Crippen LogP contribution is 2.16. The van der Waals surface area contributed by atoms with Crippen LogP contribution in [0.5, 0.6) is 0 Å². The third-order valence-corrected chi connectivity index (χ3v) is 2.48. The maximum Gasteiger partial charge on any atom is 0.0900 e. The van der Waals surface area contributed by atoms with Crippen molar-refractivity contribution < 1.29 is 0 Å². The standard InChI is InChI=1S/C9H13NS/c1-4-5-6-9-7(2)11-8(3)10-9/h4-5H,6H2,1-3H3/b5-4-.